The quantitative estimate of drug-likeness (QED) is 0.293. The van der Waals surface area contributed by atoms with E-state index in [4.69, 9.17) is 16.3 Å². The lowest BCUT2D eigenvalue weighted by Crippen LogP contribution is -2.41. The number of nitrogens with two attached hydrogens (primary N) is 2. The molecule has 1 aromatic carbocycles. The summed E-state index contributed by atoms with van der Waals surface area (Å²) in [5, 5.41) is 5.21. The molecule has 0 bridgehead atoms. The lowest BCUT2D eigenvalue weighted by atomic mass is 10.2. The molecular formula is C19H21N7O3. The van der Waals surface area contributed by atoms with Crippen molar-refractivity contribution in [2.45, 2.75) is 19.4 Å². The first-order valence-electron chi connectivity index (χ1n) is 8.79. The van der Waals surface area contributed by atoms with Gasteiger partial charge in [-0.2, -0.15) is 9.97 Å². The van der Waals surface area contributed by atoms with Gasteiger partial charge in [0, 0.05) is 23.7 Å². The fourth-order valence-corrected chi connectivity index (χ4v) is 2.74. The van der Waals surface area contributed by atoms with Crippen molar-refractivity contribution in [1.82, 2.24) is 15.0 Å². The molecule has 0 aliphatic heterocycles. The van der Waals surface area contributed by atoms with E-state index >= 15 is 0 Å². The van der Waals surface area contributed by atoms with Crippen molar-refractivity contribution in [1.29, 1.82) is 0 Å². The summed E-state index contributed by atoms with van der Waals surface area (Å²) in [6.45, 7) is 1.75. The molecular weight excluding hydrogens is 374 g/mol. The van der Waals surface area contributed by atoms with E-state index in [9.17, 15) is 9.59 Å². The van der Waals surface area contributed by atoms with Gasteiger partial charge in [-0.05, 0) is 31.2 Å². The summed E-state index contributed by atoms with van der Waals surface area (Å²) >= 11 is 0. The van der Waals surface area contributed by atoms with Gasteiger partial charge in [0.25, 0.3) is 5.91 Å². The van der Waals surface area contributed by atoms with E-state index in [1.807, 2.05) is 24.3 Å². The maximum absolute atomic E-state index is 12.0. The number of benzene rings is 1. The molecule has 0 saturated carbocycles. The number of carbonyl (C=O) groups excluding carboxylic acids is 2. The van der Waals surface area contributed by atoms with E-state index < -0.39 is 5.91 Å². The largest absolute Gasteiger partial charge is 0.480 e. The number of aldehydes is 1. The van der Waals surface area contributed by atoms with Gasteiger partial charge in [-0.1, -0.05) is 6.07 Å². The zero-order valence-corrected chi connectivity index (χ0v) is 16.0. The van der Waals surface area contributed by atoms with Crippen LogP contribution in [0, 0.1) is 0 Å². The number of primary amides is 1. The number of aromatic nitrogens is 3. The molecule has 150 valence electrons. The van der Waals surface area contributed by atoms with Gasteiger partial charge >= 0.3 is 0 Å². The Bertz CT molecular complexity index is 1060. The van der Waals surface area contributed by atoms with Crippen molar-refractivity contribution in [2.24, 2.45) is 11.6 Å². The Labute approximate surface area is 166 Å². The number of methoxy groups -OCH3 is 1. The van der Waals surface area contributed by atoms with Gasteiger partial charge in [0.1, 0.15) is 11.8 Å². The first kappa shape index (κ1) is 20.0. The zero-order valence-electron chi connectivity index (χ0n) is 16.0. The summed E-state index contributed by atoms with van der Waals surface area (Å²) in [6, 6.07) is 8.86. The number of pyridine rings is 1. The summed E-state index contributed by atoms with van der Waals surface area (Å²) < 4.78 is 5.23. The first-order valence-corrected chi connectivity index (χ1v) is 8.79. The minimum atomic E-state index is -0.761. The third-order valence-electron chi connectivity index (χ3n) is 4.31. The van der Waals surface area contributed by atoms with E-state index in [0.717, 1.165) is 17.2 Å². The van der Waals surface area contributed by atoms with Gasteiger partial charge in [-0.15, -0.1) is 0 Å². The van der Waals surface area contributed by atoms with Crippen LogP contribution in [0.4, 0.5) is 17.5 Å². The lowest BCUT2D eigenvalue weighted by Gasteiger charge is -2.24. The molecule has 0 fully saturated rings. The highest BCUT2D eigenvalue weighted by atomic mass is 16.5. The molecule has 29 heavy (non-hydrogen) atoms. The number of hydrogen-bond acceptors (Lipinski definition) is 9. The van der Waals surface area contributed by atoms with Crippen LogP contribution in [0.1, 0.15) is 23.7 Å². The first-order chi connectivity index (χ1) is 13.9. The summed E-state index contributed by atoms with van der Waals surface area (Å²) in [6.07, 6.45) is 2.64. The zero-order chi connectivity index (χ0) is 21.0. The highest BCUT2D eigenvalue weighted by Crippen LogP contribution is 2.29. The molecule has 2 aromatic heterocycles. The number of amides is 1. The second-order valence-electron chi connectivity index (χ2n) is 6.32. The molecule has 3 rings (SSSR count). The second-order valence-corrected chi connectivity index (χ2v) is 6.32. The van der Waals surface area contributed by atoms with Crippen molar-refractivity contribution in [2.75, 3.05) is 17.4 Å². The maximum atomic E-state index is 12.0. The van der Waals surface area contributed by atoms with Crippen LogP contribution in [-0.2, 0) is 4.79 Å². The molecule has 3 aromatic rings. The van der Waals surface area contributed by atoms with E-state index in [-0.39, 0.29) is 35.7 Å². The Balaban J connectivity index is 2.07. The average Bonchev–Trinajstić information content (AvgIpc) is 2.72. The minimum absolute atomic E-state index is 0.0148. The van der Waals surface area contributed by atoms with E-state index in [0.29, 0.717) is 5.69 Å². The minimum Gasteiger partial charge on any atom is -0.480 e. The number of hydrogen-bond donors (Lipinski definition) is 3. The molecule has 1 amide bonds. The number of carbonyl (C=O) groups is 2. The van der Waals surface area contributed by atoms with Gasteiger partial charge in [0.2, 0.25) is 11.8 Å². The third kappa shape index (κ3) is 4.22. The number of fused-ring (bicyclic) bond motifs is 1. The van der Waals surface area contributed by atoms with Gasteiger partial charge in [0.05, 0.1) is 18.7 Å². The van der Waals surface area contributed by atoms with Crippen LogP contribution in [0.2, 0.25) is 0 Å². The number of nitrogens with one attached hydrogen (secondary N) is 1. The smallest absolute Gasteiger partial charge is 0.258 e. The highest BCUT2D eigenvalue weighted by Gasteiger charge is 2.23. The van der Waals surface area contributed by atoms with Crippen LogP contribution in [0.5, 0.6) is 5.88 Å². The van der Waals surface area contributed by atoms with E-state index in [2.05, 4.69) is 20.3 Å². The van der Waals surface area contributed by atoms with Crippen molar-refractivity contribution in [3.05, 3.63) is 42.1 Å². The van der Waals surface area contributed by atoms with Gasteiger partial charge in [-0.3, -0.25) is 14.8 Å². The number of anilines is 3. The number of hydrazine groups is 1. The van der Waals surface area contributed by atoms with Crippen LogP contribution in [0.3, 0.4) is 0 Å². The molecule has 1 atom stereocenters. The predicted octanol–water partition coefficient (Wildman–Crippen LogP) is 1.53. The summed E-state index contributed by atoms with van der Waals surface area (Å²) in [7, 11) is 1.36. The van der Waals surface area contributed by atoms with E-state index in [1.165, 1.54) is 12.1 Å². The Morgan fingerprint density at radius 3 is 2.83 bits per heavy atom. The van der Waals surface area contributed by atoms with E-state index in [1.54, 1.807) is 19.2 Å². The SMILES string of the molecule is COc1nc(N(N)C(C)CC=O)nc(Nc2ccc3ncccc3c2)c1C(N)=O. The van der Waals surface area contributed by atoms with Crippen LogP contribution >= 0.6 is 0 Å². The Hall–Kier alpha value is -3.79. The Morgan fingerprint density at radius 1 is 1.34 bits per heavy atom. The van der Waals surface area contributed by atoms with Crippen LogP contribution < -0.4 is 26.6 Å². The lowest BCUT2D eigenvalue weighted by molar-refractivity contribution is -0.108. The standard InChI is InChI=1S/C19H21N7O3/c1-11(7-9-27)26(21)19-24-17(15(16(20)28)18(25-19)29-2)23-13-5-6-14-12(10-13)4-3-8-22-14/h3-6,8-11H,7,21H2,1-2H3,(H2,20,28)(H,23,24,25). The summed E-state index contributed by atoms with van der Waals surface area (Å²) in [4.78, 5) is 35.6. The summed E-state index contributed by atoms with van der Waals surface area (Å²) in [5.41, 5.74) is 6.99. The predicted molar refractivity (Wildman–Crippen MR) is 109 cm³/mol. The monoisotopic (exact) mass is 395 g/mol. The third-order valence-corrected chi connectivity index (χ3v) is 4.31. The van der Waals surface area contributed by atoms with Crippen molar-refractivity contribution < 1.29 is 14.3 Å². The van der Waals surface area contributed by atoms with Gasteiger partial charge in [-0.25, -0.2) is 5.84 Å². The number of ether oxygens (including phenoxy) is 1. The number of nitrogens with zero attached hydrogens (tertiary/aromatic N) is 4. The van der Waals surface area contributed by atoms with Crippen molar-refractivity contribution in [3.63, 3.8) is 0 Å². The van der Waals surface area contributed by atoms with Crippen molar-refractivity contribution >= 4 is 40.5 Å². The van der Waals surface area contributed by atoms with Crippen LogP contribution in [-0.4, -0.2) is 40.3 Å². The van der Waals surface area contributed by atoms with Gasteiger partial charge < -0.3 is 20.6 Å². The maximum Gasteiger partial charge on any atom is 0.258 e. The molecule has 10 nitrogen and oxygen atoms in total. The Morgan fingerprint density at radius 2 is 2.14 bits per heavy atom. The average molecular weight is 395 g/mol. The fraction of sp³-hybridized carbons (Fsp3) is 0.211. The van der Waals surface area contributed by atoms with Gasteiger partial charge in [0.15, 0.2) is 5.82 Å². The number of rotatable bonds is 8. The Kier molecular flexibility index (Phi) is 5.84. The molecule has 0 saturated heterocycles. The summed E-state index contributed by atoms with van der Waals surface area (Å²) in [5.74, 6) is 5.48. The molecule has 0 aliphatic carbocycles. The topological polar surface area (TPSA) is 149 Å². The molecule has 5 N–H and O–H groups in total. The molecule has 2 heterocycles. The van der Waals surface area contributed by atoms with Crippen LogP contribution in [0.25, 0.3) is 10.9 Å². The highest BCUT2D eigenvalue weighted by molar-refractivity contribution is 6.01. The molecule has 0 radical (unpaired) electrons. The molecule has 0 aliphatic rings. The second kappa shape index (κ2) is 8.48. The van der Waals surface area contributed by atoms with Crippen molar-refractivity contribution in [3.8, 4) is 5.88 Å². The molecule has 1 unspecified atom stereocenters. The fourth-order valence-electron chi connectivity index (χ4n) is 2.74. The normalized spacial score (nSPS) is 11.7. The molecule has 10 heteroatoms. The molecule has 0 spiro atoms. The van der Waals surface area contributed by atoms with Crippen LogP contribution in [0.15, 0.2) is 36.5 Å².